The molecule has 1 atom stereocenters. The van der Waals surface area contributed by atoms with Gasteiger partial charge in [0.05, 0.1) is 11.7 Å². The summed E-state index contributed by atoms with van der Waals surface area (Å²) in [5, 5.41) is 11.0. The fourth-order valence-corrected chi connectivity index (χ4v) is 2.48. The highest BCUT2D eigenvalue weighted by Gasteiger charge is 2.22. The molecule has 0 spiro atoms. The van der Waals surface area contributed by atoms with E-state index >= 15 is 0 Å². The van der Waals surface area contributed by atoms with Crippen molar-refractivity contribution in [3.05, 3.63) is 35.3 Å². The number of hydrogen-bond donors (Lipinski definition) is 0. The molecule has 1 aliphatic heterocycles. The average molecular weight is 278 g/mol. The maximum atomic E-state index is 12.5. The minimum absolute atomic E-state index is 0.0263. The summed E-state index contributed by atoms with van der Waals surface area (Å²) in [5.74, 6) is -0.0263. The molecule has 0 unspecified atom stereocenters. The van der Waals surface area contributed by atoms with Gasteiger partial charge >= 0.3 is 0 Å². The smallest absolute Gasteiger partial charge is 0.254 e. The third-order valence-corrected chi connectivity index (χ3v) is 3.53. The minimum Gasteiger partial charge on any atom is -0.619 e. The molecule has 1 fully saturated rings. The van der Waals surface area contributed by atoms with Gasteiger partial charge < -0.3 is 14.8 Å². The zero-order valence-electron chi connectivity index (χ0n) is 12.0. The summed E-state index contributed by atoms with van der Waals surface area (Å²) in [4.78, 5) is 14.3. The third-order valence-electron chi connectivity index (χ3n) is 3.53. The summed E-state index contributed by atoms with van der Waals surface area (Å²) in [6, 6.07) is 3.14. The Balaban J connectivity index is 2.02. The van der Waals surface area contributed by atoms with Crippen LogP contribution in [0.25, 0.3) is 0 Å². The zero-order chi connectivity index (χ0) is 14.4. The number of carbonyl (C=O) groups excluding carboxylic acids is 1. The summed E-state index contributed by atoms with van der Waals surface area (Å²) in [5.41, 5.74) is 0.557. The van der Waals surface area contributed by atoms with E-state index in [-0.39, 0.29) is 12.0 Å². The summed E-state index contributed by atoms with van der Waals surface area (Å²) >= 11 is 0. The van der Waals surface area contributed by atoms with Gasteiger partial charge in [-0.15, -0.1) is 0 Å². The summed E-state index contributed by atoms with van der Waals surface area (Å²) in [6.07, 6.45) is 7.06. The van der Waals surface area contributed by atoms with Gasteiger partial charge in [0.25, 0.3) is 5.91 Å². The van der Waals surface area contributed by atoms with Crippen LogP contribution in [0.2, 0.25) is 0 Å². The highest BCUT2D eigenvalue weighted by atomic mass is 16.5. The van der Waals surface area contributed by atoms with E-state index in [4.69, 9.17) is 4.74 Å². The second-order valence-corrected chi connectivity index (χ2v) is 5.19. The monoisotopic (exact) mass is 278 g/mol. The Bertz CT molecular complexity index is 427. The molecule has 0 saturated carbocycles. The molecule has 20 heavy (non-hydrogen) atoms. The first-order valence-electron chi connectivity index (χ1n) is 7.30. The predicted octanol–water partition coefficient (Wildman–Crippen LogP) is 1.74. The van der Waals surface area contributed by atoms with Gasteiger partial charge in [-0.25, -0.2) is 0 Å². The number of carbonyl (C=O) groups is 1. The van der Waals surface area contributed by atoms with Crippen LogP contribution in [0, 0.1) is 5.21 Å². The van der Waals surface area contributed by atoms with Crippen molar-refractivity contribution in [2.45, 2.75) is 38.7 Å². The van der Waals surface area contributed by atoms with Gasteiger partial charge in [0.1, 0.15) is 0 Å². The molecule has 0 aromatic carbocycles. The molecule has 0 aliphatic carbocycles. The highest BCUT2D eigenvalue weighted by Crippen LogP contribution is 2.15. The molecule has 0 bridgehead atoms. The van der Waals surface area contributed by atoms with Crippen LogP contribution in [0.3, 0.4) is 0 Å². The normalized spacial score (nSPS) is 18.8. The Morgan fingerprint density at radius 2 is 2.20 bits per heavy atom. The van der Waals surface area contributed by atoms with Crippen molar-refractivity contribution in [2.24, 2.45) is 0 Å². The topological polar surface area (TPSA) is 56.5 Å². The molecule has 1 aliphatic rings. The lowest BCUT2D eigenvalue weighted by Crippen LogP contribution is -2.40. The first kappa shape index (κ1) is 14.8. The lowest BCUT2D eigenvalue weighted by Gasteiger charge is -2.29. The molecule has 110 valence electrons. The fourth-order valence-electron chi connectivity index (χ4n) is 2.48. The van der Waals surface area contributed by atoms with Crippen molar-refractivity contribution in [3.8, 4) is 0 Å². The Hall–Kier alpha value is -1.62. The SMILES string of the molecule is CCCN(C[C@@H]1CCCCO1)C(=O)c1cc[n+]([O-])cc1. The Labute approximate surface area is 119 Å². The highest BCUT2D eigenvalue weighted by molar-refractivity contribution is 5.94. The number of aromatic nitrogens is 1. The Morgan fingerprint density at radius 3 is 2.80 bits per heavy atom. The van der Waals surface area contributed by atoms with E-state index < -0.39 is 0 Å². The molecule has 0 N–H and O–H groups in total. The molecule has 2 heterocycles. The second kappa shape index (κ2) is 7.24. The predicted molar refractivity (Wildman–Crippen MR) is 75.2 cm³/mol. The van der Waals surface area contributed by atoms with E-state index in [2.05, 4.69) is 6.92 Å². The largest absolute Gasteiger partial charge is 0.619 e. The maximum absolute atomic E-state index is 12.5. The van der Waals surface area contributed by atoms with Crippen LogP contribution in [-0.4, -0.2) is 36.6 Å². The van der Waals surface area contributed by atoms with Crippen molar-refractivity contribution in [3.63, 3.8) is 0 Å². The van der Waals surface area contributed by atoms with Crippen LogP contribution in [0.5, 0.6) is 0 Å². The van der Waals surface area contributed by atoms with E-state index in [1.54, 1.807) is 12.1 Å². The van der Waals surface area contributed by atoms with Crippen LogP contribution >= 0.6 is 0 Å². The first-order chi connectivity index (χ1) is 9.70. The molecule has 1 saturated heterocycles. The van der Waals surface area contributed by atoms with Gasteiger partial charge in [0, 0.05) is 31.8 Å². The van der Waals surface area contributed by atoms with E-state index in [0.717, 1.165) is 25.9 Å². The minimum atomic E-state index is -0.0263. The van der Waals surface area contributed by atoms with Gasteiger partial charge in [-0.1, -0.05) is 6.92 Å². The lowest BCUT2D eigenvalue weighted by atomic mass is 10.1. The van der Waals surface area contributed by atoms with Crippen LogP contribution in [0.1, 0.15) is 43.0 Å². The molecular weight excluding hydrogens is 256 g/mol. The number of nitrogens with zero attached hydrogens (tertiary/aromatic N) is 2. The van der Waals surface area contributed by atoms with Gasteiger partial charge in [-0.05, 0) is 25.7 Å². The average Bonchev–Trinajstić information content (AvgIpc) is 2.48. The summed E-state index contributed by atoms with van der Waals surface area (Å²) in [6.45, 7) is 4.20. The van der Waals surface area contributed by atoms with Crippen LogP contribution in [0.4, 0.5) is 0 Å². The third kappa shape index (κ3) is 3.93. The summed E-state index contributed by atoms with van der Waals surface area (Å²) in [7, 11) is 0. The number of rotatable bonds is 5. The number of ether oxygens (including phenoxy) is 1. The fraction of sp³-hybridized carbons (Fsp3) is 0.600. The Morgan fingerprint density at radius 1 is 1.45 bits per heavy atom. The molecule has 1 aromatic heterocycles. The van der Waals surface area contributed by atoms with Gasteiger partial charge in [0.2, 0.25) is 0 Å². The number of pyridine rings is 1. The van der Waals surface area contributed by atoms with Crippen molar-refractivity contribution in [1.82, 2.24) is 4.90 Å². The molecule has 0 radical (unpaired) electrons. The van der Waals surface area contributed by atoms with E-state index in [1.807, 2.05) is 4.90 Å². The van der Waals surface area contributed by atoms with E-state index in [1.165, 1.54) is 18.8 Å². The molecule has 1 amide bonds. The standard InChI is InChI=1S/C15H22N2O3/c1-2-8-16(12-14-5-3-4-11-20-14)15(18)13-6-9-17(19)10-7-13/h6-7,9-10,14H,2-5,8,11-12H2,1H3/t14-/m0/s1. The van der Waals surface area contributed by atoms with Crippen LogP contribution in [0.15, 0.2) is 24.5 Å². The number of hydrogen-bond acceptors (Lipinski definition) is 3. The van der Waals surface area contributed by atoms with Crippen molar-refractivity contribution >= 4 is 5.91 Å². The Kier molecular flexibility index (Phi) is 5.35. The second-order valence-electron chi connectivity index (χ2n) is 5.19. The molecule has 2 rings (SSSR count). The van der Waals surface area contributed by atoms with Gasteiger partial charge in [-0.2, -0.15) is 4.73 Å². The molecule has 1 aromatic rings. The lowest BCUT2D eigenvalue weighted by molar-refractivity contribution is -0.605. The maximum Gasteiger partial charge on any atom is 0.254 e. The van der Waals surface area contributed by atoms with Crippen LogP contribution in [-0.2, 0) is 4.74 Å². The van der Waals surface area contributed by atoms with E-state index in [9.17, 15) is 10.0 Å². The van der Waals surface area contributed by atoms with E-state index in [0.29, 0.717) is 23.4 Å². The molecule has 5 nitrogen and oxygen atoms in total. The zero-order valence-corrected chi connectivity index (χ0v) is 12.0. The molecule has 5 heteroatoms. The van der Waals surface area contributed by atoms with Crippen molar-refractivity contribution < 1.29 is 14.3 Å². The van der Waals surface area contributed by atoms with Crippen LogP contribution < -0.4 is 4.73 Å². The van der Waals surface area contributed by atoms with Gasteiger partial charge in [0.15, 0.2) is 12.4 Å². The van der Waals surface area contributed by atoms with Crippen molar-refractivity contribution in [2.75, 3.05) is 19.7 Å². The number of amides is 1. The van der Waals surface area contributed by atoms with Crippen molar-refractivity contribution in [1.29, 1.82) is 0 Å². The quantitative estimate of drug-likeness (QED) is 0.609. The summed E-state index contributed by atoms with van der Waals surface area (Å²) < 4.78 is 6.40. The van der Waals surface area contributed by atoms with Gasteiger partial charge in [-0.3, -0.25) is 4.79 Å². The first-order valence-corrected chi connectivity index (χ1v) is 7.30. The molecular formula is C15H22N2O3.